The Morgan fingerprint density at radius 3 is 2.59 bits per heavy atom. The molecule has 2 aromatic rings. The Bertz CT molecular complexity index is 965. The van der Waals surface area contributed by atoms with Crippen molar-refractivity contribution in [3.63, 3.8) is 0 Å². The average molecular weight is 458 g/mol. The molecule has 0 saturated carbocycles. The van der Waals surface area contributed by atoms with E-state index >= 15 is 0 Å². The van der Waals surface area contributed by atoms with Crippen molar-refractivity contribution in [3.8, 4) is 0 Å². The number of carbonyl (C=O) groups excluding carboxylic acids is 2. The highest BCUT2D eigenvalue weighted by molar-refractivity contribution is 6.31. The number of nitrogens with one attached hydrogen (secondary N) is 2. The maximum absolute atomic E-state index is 12.6. The van der Waals surface area contributed by atoms with Crippen molar-refractivity contribution in [2.24, 2.45) is 0 Å². The van der Waals surface area contributed by atoms with Crippen LogP contribution in [0.3, 0.4) is 0 Å². The number of rotatable bonds is 6. The van der Waals surface area contributed by atoms with Crippen molar-refractivity contribution >= 4 is 34.9 Å². The molecule has 1 fully saturated rings. The molecular formula is C24H32ClN5O2. The zero-order valence-electron chi connectivity index (χ0n) is 18.8. The van der Waals surface area contributed by atoms with Crippen molar-refractivity contribution in [2.45, 2.75) is 26.7 Å². The summed E-state index contributed by atoms with van der Waals surface area (Å²) < 4.78 is 0. The fraction of sp³-hybridized carbons (Fsp3) is 0.417. The molecule has 172 valence electrons. The summed E-state index contributed by atoms with van der Waals surface area (Å²) in [7, 11) is 0. The Balaban J connectivity index is 1.57. The van der Waals surface area contributed by atoms with Gasteiger partial charge in [-0.05, 0) is 62.1 Å². The van der Waals surface area contributed by atoms with Crippen molar-refractivity contribution in [3.05, 3.63) is 58.1 Å². The van der Waals surface area contributed by atoms with Gasteiger partial charge in [0.1, 0.15) is 0 Å². The lowest BCUT2D eigenvalue weighted by atomic mass is 10.1. The molecule has 1 aliphatic rings. The third-order valence-corrected chi connectivity index (χ3v) is 5.98. The van der Waals surface area contributed by atoms with Gasteiger partial charge in [0.15, 0.2) is 0 Å². The topological polar surface area (TPSA) is 90.7 Å². The van der Waals surface area contributed by atoms with Gasteiger partial charge in [0.05, 0.1) is 11.4 Å². The molecular weight excluding hydrogens is 426 g/mol. The summed E-state index contributed by atoms with van der Waals surface area (Å²) in [5, 5.41) is 6.51. The van der Waals surface area contributed by atoms with Gasteiger partial charge in [-0.2, -0.15) is 0 Å². The quantitative estimate of drug-likeness (QED) is 0.579. The SMILES string of the molecule is CCNC(=O)N1CCCN(c2ccc(C(=O)NCCc3ccc(C)cc3Cl)cc2N)CC1. The van der Waals surface area contributed by atoms with Crippen LogP contribution in [0.25, 0.3) is 0 Å². The molecule has 0 aliphatic carbocycles. The van der Waals surface area contributed by atoms with Crippen LogP contribution in [0.15, 0.2) is 36.4 Å². The van der Waals surface area contributed by atoms with Gasteiger partial charge in [-0.15, -0.1) is 0 Å². The minimum atomic E-state index is -0.162. The standard InChI is InChI=1S/C24H32ClN5O2/c1-3-27-24(32)30-12-4-11-29(13-14-30)22-8-7-19(16-21(22)26)23(31)28-10-9-18-6-5-17(2)15-20(18)25/h5-8,15-16H,3-4,9-14,26H2,1-2H3,(H,27,32)(H,28,31). The van der Waals surface area contributed by atoms with E-state index in [2.05, 4.69) is 15.5 Å². The van der Waals surface area contributed by atoms with Crippen LogP contribution in [0.4, 0.5) is 16.2 Å². The third kappa shape index (κ3) is 6.07. The van der Waals surface area contributed by atoms with Gasteiger partial charge in [0.2, 0.25) is 0 Å². The van der Waals surface area contributed by atoms with E-state index < -0.39 is 0 Å². The molecule has 1 aliphatic heterocycles. The molecule has 0 bridgehead atoms. The second kappa shape index (κ2) is 11.1. The van der Waals surface area contributed by atoms with E-state index in [9.17, 15) is 9.59 Å². The molecule has 8 heteroatoms. The normalized spacial score (nSPS) is 14.1. The molecule has 0 unspecified atom stereocenters. The first-order valence-electron chi connectivity index (χ1n) is 11.1. The molecule has 4 N–H and O–H groups in total. The smallest absolute Gasteiger partial charge is 0.317 e. The van der Waals surface area contributed by atoms with Crippen LogP contribution in [0.5, 0.6) is 0 Å². The average Bonchev–Trinajstić information content (AvgIpc) is 3.01. The van der Waals surface area contributed by atoms with E-state index in [1.807, 2.05) is 43.0 Å². The van der Waals surface area contributed by atoms with Crippen molar-refractivity contribution in [2.75, 3.05) is 49.9 Å². The number of hydrogen-bond donors (Lipinski definition) is 3. The van der Waals surface area contributed by atoms with Gasteiger partial charge < -0.3 is 26.2 Å². The van der Waals surface area contributed by atoms with E-state index in [-0.39, 0.29) is 11.9 Å². The van der Waals surface area contributed by atoms with Crippen LogP contribution >= 0.6 is 11.6 Å². The van der Waals surface area contributed by atoms with Gasteiger partial charge in [0, 0.05) is 49.9 Å². The molecule has 3 rings (SSSR count). The summed E-state index contributed by atoms with van der Waals surface area (Å²) in [5.41, 5.74) is 10.4. The summed E-state index contributed by atoms with van der Waals surface area (Å²) in [6, 6.07) is 11.3. The maximum atomic E-state index is 12.6. The molecule has 3 amide bonds. The minimum absolute atomic E-state index is 0.0266. The number of amides is 3. The lowest BCUT2D eigenvalue weighted by Crippen LogP contribution is -2.42. The largest absolute Gasteiger partial charge is 0.397 e. The number of nitrogen functional groups attached to an aromatic ring is 1. The lowest BCUT2D eigenvalue weighted by Gasteiger charge is -2.25. The second-order valence-corrected chi connectivity index (χ2v) is 8.44. The molecule has 0 spiro atoms. The first-order chi connectivity index (χ1) is 15.4. The van der Waals surface area contributed by atoms with Crippen molar-refractivity contribution < 1.29 is 9.59 Å². The van der Waals surface area contributed by atoms with Gasteiger partial charge in [0.25, 0.3) is 5.91 Å². The molecule has 0 atom stereocenters. The number of nitrogens with zero attached hydrogens (tertiary/aromatic N) is 2. The highest BCUT2D eigenvalue weighted by atomic mass is 35.5. The van der Waals surface area contributed by atoms with Crippen LogP contribution < -0.4 is 21.3 Å². The number of anilines is 2. The minimum Gasteiger partial charge on any atom is -0.397 e. The Hall–Kier alpha value is -2.93. The highest BCUT2D eigenvalue weighted by Crippen LogP contribution is 2.26. The maximum Gasteiger partial charge on any atom is 0.317 e. The van der Waals surface area contributed by atoms with Crippen LogP contribution in [0.2, 0.25) is 5.02 Å². The van der Waals surface area contributed by atoms with Gasteiger partial charge in [-0.1, -0.05) is 23.7 Å². The Morgan fingerprint density at radius 1 is 1.06 bits per heavy atom. The summed E-state index contributed by atoms with van der Waals surface area (Å²) in [4.78, 5) is 28.7. The van der Waals surface area contributed by atoms with E-state index in [0.29, 0.717) is 50.4 Å². The number of benzene rings is 2. The predicted molar refractivity (Wildman–Crippen MR) is 131 cm³/mol. The number of halogens is 1. The van der Waals surface area contributed by atoms with E-state index in [1.165, 1.54) is 0 Å². The van der Waals surface area contributed by atoms with E-state index in [1.54, 1.807) is 12.1 Å². The number of urea groups is 1. The molecule has 1 saturated heterocycles. The van der Waals surface area contributed by atoms with Crippen LogP contribution in [0, 0.1) is 6.92 Å². The van der Waals surface area contributed by atoms with Crippen LogP contribution in [0.1, 0.15) is 34.8 Å². The van der Waals surface area contributed by atoms with Gasteiger partial charge >= 0.3 is 6.03 Å². The molecule has 0 radical (unpaired) electrons. The van der Waals surface area contributed by atoms with E-state index in [4.69, 9.17) is 17.3 Å². The number of nitrogens with two attached hydrogens (primary N) is 1. The second-order valence-electron chi connectivity index (χ2n) is 8.04. The number of hydrogen-bond acceptors (Lipinski definition) is 4. The molecule has 7 nitrogen and oxygen atoms in total. The zero-order valence-corrected chi connectivity index (χ0v) is 19.5. The monoisotopic (exact) mass is 457 g/mol. The van der Waals surface area contributed by atoms with Crippen molar-refractivity contribution in [1.82, 2.24) is 15.5 Å². The van der Waals surface area contributed by atoms with Gasteiger partial charge in [-0.25, -0.2) is 4.79 Å². The first kappa shape index (κ1) is 23.7. The van der Waals surface area contributed by atoms with Crippen LogP contribution in [-0.4, -0.2) is 56.1 Å². The fourth-order valence-electron chi connectivity index (χ4n) is 3.88. The molecule has 1 heterocycles. The summed E-state index contributed by atoms with van der Waals surface area (Å²) >= 11 is 6.27. The zero-order chi connectivity index (χ0) is 23.1. The summed E-state index contributed by atoms with van der Waals surface area (Å²) in [6.45, 7) is 7.88. The first-order valence-corrected chi connectivity index (χ1v) is 11.5. The summed E-state index contributed by atoms with van der Waals surface area (Å²) in [5.74, 6) is -0.162. The molecule has 32 heavy (non-hydrogen) atoms. The Morgan fingerprint density at radius 2 is 1.88 bits per heavy atom. The fourth-order valence-corrected chi connectivity index (χ4v) is 4.21. The lowest BCUT2D eigenvalue weighted by molar-refractivity contribution is 0.0954. The Kier molecular flexibility index (Phi) is 8.22. The van der Waals surface area contributed by atoms with Gasteiger partial charge in [-0.3, -0.25) is 4.79 Å². The van der Waals surface area contributed by atoms with E-state index in [0.717, 1.165) is 34.8 Å². The highest BCUT2D eigenvalue weighted by Gasteiger charge is 2.20. The third-order valence-electron chi connectivity index (χ3n) is 5.63. The van der Waals surface area contributed by atoms with Crippen LogP contribution in [-0.2, 0) is 6.42 Å². The predicted octanol–water partition coefficient (Wildman–Crippen LogP) is 3.44. The number of carbonyl (C=O) groups is 2. The Labute approximate surface area is 194 Å². The molecule has 0 aromatic heterocycles. The number of aryl methyl sites for hydroxylation is 1. The molecule has 2 aromatic carbocycles. The van der Waals surface area contributed by atoms with Crippen molar-refractivity contribution in [1.29, 1.82) is 0 Å². The summed E-state index contributed by atoms with van der Waals surface area (Å²) in [6.07, 6.45) is 1.52.